The average Bonchev–Trinajstić information content (AvgIpc) is 2.40. The Morgan fingerprint density at radius 2 is 1.63 bits per heavy atom. The zero-order valence-electron chi connectivity index (χ0n) is 12.1. The van der Waals surface area contributed by atoms with E-state index in [-0.39, 0.29) is 18.3 Å². The molecule has 1 unspecified atom stereocenters. The highest BCUT2D eigenvalue weighted by atomic mass is 35.5. The quantitative estimate of drug-likeness (QED) is 0.838. The molecule has 0 heterocycles. The van der Waals surface area contributed by atoms with Gasteiger partial charge in [0, 0.05) is 6.04 Å². The van der Waals surface area contributed by atoms with E-state index in [2.05, 4.69) is 12.2 Å². The Kier molecular flexibility index (Phi) is 6.61. The molecule has 3 nitrogen and oxygen atoms in total. The van der Waals surface area contributed by atoms with E-state index in [0.29, 0.717) is 12.0 Å². The molecule has 2 aliphatic carbocycles. The van der Waals surface area contributed by atoms with E-state index in [1.807, 2.05) is 0 Å². The van der Waals surface area contributed by atoms with Gasteiger partial charge < -0.3 is 11.1 Å². The number of amides is 1. The minimum absolute atomic E-state index is 0. The van der Waals surface area contributed by atoms with Crippen LogP contribution in [0.3, 0.4) is 0 Å². The smallest absolute Gasteiger partial charge is 0.240 e. The summed E-state index contributed by atoms with van der Waals surface area (Å²) in [5.74, 6) is 0.759. The van der Waals surface area contributed by atoms with Crippen LogP contribution in [-0.4, -0.2) is 17.5 Å². The molecule has 2 aliphatic rings. The molecule has 2 saturated carbocycles. The van der Waals surface area contributed by atoms with Gasteiger partial charge in [0.05, 0.1) is 5.54 Å². The molecule has 0 aromatic carbocycles. The van der Waals surface area contributed by atoms with Crippen LogP contribution in [0.1, 0.15) is 71.1 Å². The van der Waals surface area contributed by atoms with Crippen LogP contribution in [0.5, 0.6) is 0 Å². The van der Waals surface area contributed by atoms with Crippen molar-refractivity contribution in [1.82, 2.24) is 5.32 Å². The Morgan fingerprint density at radius 3 is 2.21 bits per heavy atom. The van der Waals surface area contributed by atoms with Gasteiger partial charge in [0.2, 0.25) is 5.91 Å². The van der Waals surface area contributed by atoms with Crippen molar-refractivity contribution in [2.75, 3.05) is 0 Å². The maximum Gasteiger partial charge on any atom is 0.240 e. The number of carbonyl (C=O) groups excluding carboxylic acids is 1. The zero-order valence-corrected chi connectivity index (χ0v) is 12.9. The number of nitrogens with two attached hydrogens (primary N) is 1. The molecule has 1 atom stereocenters. The first-order valence-electron chi connectivity index (χ1n) is 7.72. The molecule has 0 aromatic heterocycles. The molecule has 19 heavy (non-hydrogen) atoms. The summed E-state index contributed by atoms with van der Waals surface area (Å²) in [5.41, 5.74) is 5.69. The zero-order chi connectivity index (χ0) is 13.0. The fraction of sp³-hybridized carbons (Fsp3) is 0.933. The van der Waals surface area contributed by atoms with E-state index in [1.54, 1.807) is 0 Å². The van der Waals surface area contributed by atoms with E-state index >= 15 is 0 Å². The average molecular weight is 289 g/mol. The second-order valence-electron chi connectivity index (χ2n) is 6.38. The SMILES string of the molecule is CC(NC(=O)C1(N)CCCCC1)C1CCCCC1.Cl. The summed E-state index contributed by atoms with van der Waals surface area (Å²) < 4.78 is 0. The molecule has 3 N–H and O–H groups in total. The molecule has 0 saturated heterocycles. The van der Waals surface area contributed by atoms with E-state index in [9.17, 15) is 4.79 Å². The van der Waals surface area contributed by atoms with Crippen molar-refractivity contribution < 1.29 is 4.79 Å². The highest BCUT2D eigenvalue weighted by molar-refractivity contribution is 5.86. The number of halogens is 1. The second-order valence-corrected chi connectivity index (χ2v) is 6.38. The molecule has 0 bridgehead atoms. The van der Waals surface area contributed by atoms with Crippen molar-refractivity contribution >= 4 is 18.3 Å². The van der Waals surface area contributed by atoms with Crippen LogP contribution in [0.25, 0.3) is 0 Å². The fourth-order valence-corrected chi connectivity index (χ4v) is 3.51. The van der Waals surface area contributed by atoms with Crippen molar-refractivity contribution in [3.8, 4) is 0 Å². The van der Waals surface area contributed by atoms with Gasteiger partial charge in [0.25, 0.3) is 0 Å². The highest BCUT2D eigenvalue weighted by Gasteiger charge is 2.36. The summed E-state index contributed by atoms with van der Waals surface area (Å²) >= 11 is 0. The molecular formula is C15H29ClN2O. The summed E-state index contributed by atoms with van der Waals surface area (Å²) in [7, 11) is 0. The molecule has 2 fully saturated rings. The predicted molar refractivity (Wildman–Crippen MR) is 81.4 cm³/mol. The Balaban J connectivity index is 0.00000180. The first kappa shape index (κ1) is 16.8. The second kappa shape index (κ2) is 7.49. The minimum atomic E-state index is -0.582. The number of hydrogen-bond donors (Lipinski definition) is 2. The summed E-state index contributed by atoms with van der Waals surface area (Å²) in [6, 6.07) is 0.292. The number of rotatable bonds is 3. The van der Waals surface area contributed by atoms with Crippen LogP contribution >= 0.6 is 12.4 Å². The Morgan fingerprint density at radius 1 is 1.11 bits per heavy atom. The predicted octanol–water partition coefficient (Wildman–Crippen LogP) is 3.15. The Bertz CT molecular complexity index is 284. The van der Waals surface area contributed by atoms with Crippen molar-refractivity contribution in [3.05, 3.63) is 0 Å². The van der Waals surface area contributed by atoms with Gasteiger partial charge in [0.15, 0.2) is 0 Å². The molecule has 0 aliphatic heterocycles. The monoisotopic (exact) mass is 288 g/mol. The van der Waals surface area contributed by atoms with E-state index in [4.69, 9.17) is 5.73 Å². The van der Waals surface area contributed by atoms with Crippen LogP contribution in [-0.2, 0) is 4.79 Å². The van der Waals surface area contributed by atoms with Crippen LogP contribution < -0.4 is 11.1 Å². The lowest BCUT2D eigenvalue weighted by Crippen LogP contribution is -2.57. The maximum atomic E-state index is 12.3. The number of carbonyl (C=O) groups is 1. The largest absolute Gasteiger partial charge is 0.352 e. The third-order valence-corrected chi connectivity index (χ3v) is 4.91. The third kappa shape index (κ3) is 4.35. The van der Waals surface area contributed by atoms with Crippen LogP contribution in [0.4, 0.5) is 0 Å². The van der Waals surface area contributed by atoms with E-state index in [1.165, 1.54) is 38.5 Å². The molecule has 2 rings (SSSR count). The topological polar surface area (TPSA) is 55.1 Å². The van der Waals surface area contributed by atoms with E-state index < -0.39 is 5.54 Å². The van der Waals surface area contributed by atoms with Gasteiger partial charge in [-0.05, 0) is 38.5 Å². The summed E-state index contributed by atoms with van der Waals surface area (Å²) in [5, 5.41) is 3.20. The van der Waals surface area contributed by atoms with Gasteiger partial charge in [-0.25, -0.2) is 0 Å². The van der Waals surface area contributed by atoms with Crippen molar-refractivity contribution in [2.45, 2.75) is 82.7 Å². The van der Waals surface area contributed by atoms with E-state index in [0.717, 1.165) is 25.7 Å². The molecule has 4 heteroatoms. The lowest BCUT2D eigenvalue weighted by atomic mass is 9.80. The molecular weight excluding hydrogens is 260 g/mol. The molecule has 0 aromatic rings. The summed E-state index contributed by atoms with van der Waals surface area (Å²) in [6.07, 6.45) is 11.7. The van der Waals surface area contributed by atoms with Crippen molar-refractivity contribution in [3.63, 3.8) is 0 Å². The number of hydrogen-bond acceptors (Lipinski definition) is 2. The van der Waals surface area contributed by atoms with Gasteiger partial charge >= 0.3 is 0 Å². The first-order valence-corrected chi connectivity index (χ1v) is 7.72. The van der Waals surface area contributed by atoms with Crippen LogP contribution in [0.2, 0.25) is 0 Å². The van der Waals surface area contributed by atoms with Gasteiger partial charge in [-0.3, -0.25) is 4.79 Å². The summed E-state index contributed by atoms with van der Waals surface area (Å²) in [6.45, 7) is 2.15. The third-order valence-electron chi connectivity index (χ3n) is 4.91. The summed E-state index contributed by atoms with van der Waals surface area (Å²) in [4.78, 5) is 12.3. The van der Waals surface area contributed by atoms with Gasteiger partial charge in [-0.1, -0.05) is 38.5 Å². The van der Waals surface area contributed by atoms with Gasteiger partial charge in [-0.2, -0.15) is 0 Å². The lowest BCUT2D eigenvalue weighted by Gasteiger charge is -2.35. The van der Waals surface area contributed by atoms with Gasteiger partial charge in [-0.15, -0.1) is 12.4 Å². The Hall–Kier alpha value is -0.280. The van der Waals surface area contributed by atoms with Crippen molar-refractivity contribution in [2.24, 2.45) is 11.7 Å². The highest BCUT2D eigenvalue weighted by Crippen LogP contribution is 2.29. The molecule has 112 valence electrons. The lowest BCUT2D eigenvalue weighted by molar-refractivity contribution is -0.128. The number of nitrogens with one attached hydrogen (secondary N) is 1. The minimum Gasteiger partial charge on any atom is -0.352 e. The normalized spacial score (nSPS) is 25.2. The maximum absolute atomic E-state index is 12.3. The van der Waals surface area contributed by atoms with Crippen molar-refractivity contribution in [1.29, 1.82) is 0 Å². The Labute approximate surface area is 123 Å². The van der Waals surface area contributed by atoms with Crippen LogP contribution in [0, 0.1) is 5.92 Å². The first-order chi connectivity index (χ1) is 8.62. The van der Waals surface area contributed by atoms with Gasteiger partial charge in [0.1, 0.15) is 0 Å². The molecule has 1 amide bonds. The van der Waals surface area contributed by atoms with Crippen LogP contribution in [0.15, 0.2) is 0 Å². The molecule has 0 radical (unpaired) electrons. The fourth-order valence-electron chi connectivity index (χ4n) is 3.51. The standard InChI is InChI=1S/C15H28N2O.ClH/c1-12(13-8-4-2-5-9-13)17-14(18)15(16)10-6-3-7-11-15;/h12-13H,2-11,16H2,1H3,(H,17,18);1H. The molecule has 0 spiro atoms.